The Bertz CT molecular complexity index is 602. The van der Waals surface area contributed by atoms with Crippen molar-refractivity contribution in [1.29, 1.82) is 0 Å². The first kappa shape index (κ1) is 14.8. The van der Waals surface area contributed by atoms with Crippen LogP contribution in [0.5, 0.6) is 0 Å². The summed E-state index contributed by atoms with van der Waals surface area (Å²) in [4.78, 5) is 12.2. The summed E-state index contributed by atoms with van der Waals surface area (Å²) < 4.78 is 1.80. The monoisotopic (exact) mass is 298 g/mol. The third-order valence-corrected chi connectivity index (χ3v) is 4.03. The van der Waals surface area contributed by atoms with Crippen molar-refractivity contribution in [2.24, 2.45) is 5.92 Å². The van der Waals surface area contributed by atoms with Gasteiger partial charge in [-0.15, -0.1) is 0 Å². The summed E-state index contributed by atoms with van der Waals surface area (Å²) in [5.41, 5.74) is 1.80. The van der Waals surface area contributed by atoms with Crippen molar-refractivity contribution in [1.82, 2.24) is 20.4 Å². The van der Waals surface area contributed by atoms with Crippen LogP contribution in [-0.2, 0) is 6.54 Å². The highest BCUT2D eigenvalue weighted by Crippen LogP contribution is 2.09. The maximum absolute atomic E-state index is 12.2. The standard InChI is InChI=1S/C17H22N4O/c22-17(19-10-15-7-4-8-18-9-15)16-11-20-21(13-16)12-14-5-2-1-3-6-14/h1-3,5-6,11,13,15,18H,4,7-10,12H2,(H,19,22)/t15-/m0/s1. The Morgan fingerprint density at radius 2 is 2.23 bits per heavy atom. The minimum absolute atomic E-state index is 0.0371. The van der Waals surface area contributed by atoms with Crippen molar-refractivity contribution in [3.8, 4) is 0 Å². The van der Waals surface area contributed by atoms with Crippen LogP contribution in [0.2, 0.25) is 0 Å². The van der Waals surface area contributed by atoms with E-state index in [2.05, 4.69) is 27.9 Å². The summed E-state index contributed by atoms with van der Waals surface area (Å²) in [7, 11) is 0. The molecule has 2 aromatic rings. The van der Waals surface area contributed by atoms with Gasteiger partial charge in [-0.3, -0.25) is 9.48 Å². The number of aromatic nitrogens is 2. The third kappa shape index (κ3) is 3.95. The number of carbonyl (C=O) groups is 1. The average molecular weight is 298 g/mol. The Morgan fingerprint density at radius 1 is 1.36 bits per heavy atom. The van der Waals surface area contributed by atoms with Gasteiger partial charge in [0.1, 0.15) is 0 Å². The topological polar surface area (TPSA) is 59.0 Å². The average Bonchev–Trinajstić information content (AvgIpc) is 3.03. The predicted octanol–water partition coefficient (Wildman–Crippen LogP) is 1.66. The van der Waals surface area contributed by atoms with Crippen LogP contribution < -0.4 is 10.6 Å². The number of amides is 1. The minimum atomic E-state index is -0.0371. The number of nitrogens with one attached hydrogen (secondary N) is 2. The first-order valence-corrected chi connectivity index (χ1v) is 7.86. The van der Waals surface area contributed by atoms with Gasteiger partial charge in [0.15, 0.2) is 0 Å². The number of rotatable bonds is 5. The molecule has 1 aliphatic rings. The van der Waals surface area contributed by atoms with Gasteiger partial charge in [0.05, 0.1) is 18.3 Å². The first-order valence-electron chi connectivity index (χ1n) is 7.86. The number of carbonyl (C=O) groups excluding carboxylic acids is 1. The molecule has 0 spiro atoms. The van der Waals surface area contributed by atoms with Gasteiger partial charge in [-0.05, 0) is 37.4 Å². The van der Waals surface area contributed by atoms with Gasteiger partial charge >= 0.3 is 0 Å². The number of hydrogen-bond donors (Lipinski definition) is 2. The normalized spacial score (nSPS) is 18.1. The van der Waals surface area contributed by atoms with Gasteiger partial charge in [-0.25, -0.2) is 0 Å². The summed E-state index contributed by atoms with van der Waals surface area (Å²) in [6, 6.07) is 10.1. The molecule has 0 radical (unpaired) electrons. The lowest BCUT2D eigenvalue weighted by Crippen LogP contribution is -2.38. The van der Waals surface area contributed by atoms with E-state index >= 15 is 0 Å². The molecule has 0 saturated carbocycles. The maximum Gasteiger partial charge on any atom is 0.254 e. The fourth-order valence-electron chi connectivity index (χ4n) is 2.78. The van der Waals surface area contributed by atoms with Crippen molar-refractivity contribution in [2.45, 2.75) is 19.4 Å². The van der Waals surface area contributed by atoms with Crippen molar-refractivity contribution >= 4 is 5.91 Å². The lowest BCUT2D eigenvalue weighted by molar-refractivity contribution is 0.0944. The second kappa shape index (κ2) is 7.22. The third-order valence-electron chi connectivity index (χ3n) is 4.03. The zero-order valence-corrected chi connectivity index (χ0v) is 12.7. The summed E-state index contributed by atoms with van der Waals surface area (Å²) in [5, 5.41) is 10.6. The summed E-state index contributed by atoms with van der Waals surface area (Å²) in [6.07, 6.45) is 5.81. The fourth-order valence-corrected chi connectivity index (χ4v) is 2.78. The van der Waals surface area contributed by atoms with E-state index in [-0.39, 0.29) is 5.91 Å². The van der Waals surface area contributed by atoms with Crippen LogP contribution in [0.25, 0.3) is 0 Å². The molecule has 1 aliphatic heterocycles. The number of nitrogens with zero attached hydrogens (tertiary/aromatic N) is 2. The molecule has 116 valence electrons. The van der Waals surface area contributed by atoms with Crippen molar-refractivity contribution in [3.05, 3.63) is 53.9 Å². The molecule has 1 saturated heterocycles. The maximum atomic E-state index is 12.2. The largest absolute Gasteiger partial charge is 0.352 e. The quantitative estimate of drug-likeness (QED) is 0.882. The van der Waals surface area contributed by atoms with Crippen molar-refractivity contribution in [3.63, 3.8) is 0 Å². The molecule has 1 aromatic heterocycles. The summed E-state index contributed by atoms with van der Waals surface area (Å²) >= 11 is 0. The predicted molar refractivity (Wildman–Crippen MR) is 85.7 cm³/mol. The van der Waals surface area contributed by atoms with Crippen LogP contribution in [0, 0.1) is 5.92 Å². The number of benzene rings is 1. The van der Waals surface area contributed by atoms with Gasteiger partial charge in [0, 0.05) is 12.7 Å². The fraction of sp³-hybridized carbons (Fsp3) is 0.412. The van der Waals surface area contributed by atoms with Crippen LogP contribution in [0.15, 0.2) is 42.7 Å². The van der Waals surface area contributed by atoms with E-state index in [1.807, 2.05) is 18.2 Å². The Balaban J connectivity index is 1.52. The van der Waals surface area contributed by atoms with Crippen molar-refractivity contribution < 1.29 is 4.79 Å². The van der Waals surface area contributed by atoms with E-state index in [1.165, 1.54) is 18.4 Å². The molecular formula is C17H22N4O. The Morgan fingerprint density at radius 3 is 3.00 bits per heavy atom. The summed E-state index contributed by atoms with van der Waals surface area (Å²) in [5.74, 6) is 0.502. The van der Waals surface area contributed by atoms with Gasteiger partial charge < -0.3 is 10.6 Å². The molecule has 5 nitrogen and oxygen atoms in total. The molecule has 3 rings (SSSR count). The Kier molecular flexibility index (Phi) is 4.85. The highest BCUT2D eigenvalue weighted by atomic mass is 16.1. The number of piperidine rings is 1. The van der Waals surface area contributed by atoms with Gasteiger partial charge in [-0.2, -0.15) is 5.10 Å². The molecule has 2 N–H and O–H groups in total. The van der Waals surface area contributed by atoms with Crippen LogP contribution in [0.4, 0.5) is 0 Å². The van der Waals surface area contributed by atoms with Crippen molar-refractivity contribution in [2.75, 3.05) is 19.6 Å². The zero-order chi connectivity index (χ0) is 15.2. The summed E-state index contributed by atoms with van der Waals surface area (Å²) in [6.45, 7) is 3.50. The molecule has 22 heavy (non-hydrogen) atoms. The molecule has 0 unspecified atom stereocenters. The lowest BCUT2D eigenvalue weighted by Gasteiger charge is -2.22. The molecule has 1 fully saturated rings. The van der Waals surface area contributed by atoms with Crippen LogP contribution in [0.1, 0.15) is 28.8 Å². The van der Waals surface area contributed by atoms with E-state index < -0.39 is 0 Å². The van der Waals surface area contributed by atoms with E-state index in [4.69, 9.17) is 0 Å². The molecule has 5 heteroatoms. The molecule has 0 bridgehead atoms. The SMILES string of the molecule is O=C(NC[C@H]1CCCNC1)c1cnn(Cc2ccccc2)c1. The molecule has 2 heterocycles. The van der Waals surface area contributed by atoms with Crippen LogP contribution >= 0.6 is 0 Å². The van der Waals surface area contributed by atoms with Gasteiger partial charge in [-0.1, -0.05) is 30.3 Å². The highest BCUT2D eigenvalue weighted by Gasteiger charge is 2.15. The second-order valence-electron chi connectivity index (χ2n) is 5.83. The highest BCUT2D eigenvalue weighted by molar-refractivity contribution is 5.93. The molecule has 1 atom stereocenters. The van der Waals surface area contributed by atoms with Gasteiger partial charge in [0.2, 0.25) is 0 Å². The molecular weight excluding hydrogens is 276 g/mol. The molecule has 1 aromatic carbocycles. The lowest BCUT2D eigenvalue weighted by atomic mass is 10.00. The van der Waals surface area contributed by atoms with E-state index in [0.29, 0.717) is 18.0 Å². The zero-order valence-electron chi connectivity index (χ0n) is 12.7. The van der Waals surface area contributed by atoms with E-state index in [9.17, 15) is 4.79 Å². The van der Waals surface area contributed by atoms with Gasteiger partial charge in [0.25, 0.3) is 5.91 Å². The first-order chi connectivity index (χ1) is 10.8. The molecule has 1 amide bonds. The Hall–Kier alpha value is -2.14. The van der Waals surface area contributed by atoms with E-state index in [0.717, 1.165) is 19.6 Å². The smallest absolute Gasteiger partial charge is 0.254 e. The minimum Gasteiger partial charge on any atom is -0.352 e. The Labute approximate surface area is 130 Å². The van der Waals surface area contributed by atoms with E-state index in [1.54, 1.807) is 17.1 Å². The number of hydrogen-bond acceptors (Lipinski definition) is 3. The van der Waals surface area contributed by atoms with Crippen LogP contribution in [0.3, 0.4) is 0 Å². The van der Waals surface area contributed by atoms with Crippen LogP contribution in [-0.4, -0.2) is 35.3 Å². The molecule has 0 aliphatic carbocycles. The second-order valence-corrected chi connectivity index (χ2v) is 5.83.